The molecule has 0 aliphatic carbocycles. The molecule has 0 unspecified atom stereocenters. The number of rotatable bonds is 5. The minimum absolute atomic E-state index is 0.437. The summed E-state index contributed by atoms with van der Waals surface area (Å²) in [4.78, 5) is 25.9. The van der Waals surface area contributed by atoms with Crippen molar-refractivity contribution in [3.8, 4) is 0 Å². The molecule has 5 heteroatoms. The Morgan fingerprint density at radius 1 is 1.25 bits per heavy atom. The van der Waals surface area contributed by atoms with E-state index in [1.54, 1.807) is 20.8 Å². The molecule has 1 aliphatic heterocycles. The molecule has 0 bridgehead atoms. The molecule has 2 rings (SSSR count). The largest absolute Gasteiger partial charge is 0.479 e. The predicted molar refractivity (Wildman–Crippen MR) is 91.9 cm³/mol. The van der Waals surface area contributed by atoms with Crippen LogP contribution in [0.3, 0.4) is 0 Å². The van der Waals surface area contributed by atoms with E-state index in [1.807, 2.05) is 30.3 Å². The number of amides is 1. The predicted octanol–water partition coefficient (Wildman–Crippen LogP) is 3.86. The zero-order valence-electron chi connectivity index (χ0n) is 14.7. The molecular formula is C19H27NO4. The average Bonchev–Trinajstić information content (AvgIpc) is 2.92. The summed E-state index contributed by atoms with van der Waals surface area (Å²) in [6, 6.07) is 9.99. The van der Waals surface area contributed by atoms with Crippen molar-refractivity contribution in [2.24, 2.45) is 0 Å². The summed E-state index contributed by atoms with van der Waals surface area (Å²) in [5, 5.41) is 9.83. The second-order valence-corrected chi connectivity index (χ2v) is 7.41. The number of nitrogens with zero attached hydrogens (tertiary/aromatic N) is 1. The Morgan fingerprint density at radius 2 is 1.92 bits per heavy atom. The van der Waals surface area contributed by atoms with E-state index in [9.17, 15) is 14.7 Å². The number of likely N-dealkylation sites (tertiary alicyclic amines) is 1. The van der Waals surface area contributed by atoms with Crippen LogP contribution >= 0.6 is 0 Å². The van der Waals surface area contributed by atoms with Gasteiger partial charge in [0.1, 0.15) is 11.1 Å². The fraction of sp³-hybridized carbons (Fsp3) is 0.579. The SMILES string of the molecule is CC(C)(C)OC(=O)N1CCC[C@]1(CCCc1ccccc1)C(=O)O. The van der Waals surface area contributed by atoms with Crippen molar-refractivity contribution < 1.29 is 19.4 Å². The quantitative estimate of drug-likeness (QED) is 0.888. The number of carbonyl (C=O) groups is 2. The van der Waals surface area contributed by atoms with E-state index >= 15 is 0 Å². The summed E-state index contributed by atoms with van der Waals surface area (Å²) in [6.07, 6.45) is 2.61. The third kappa shape index (κ3) is 4.28. The first kappa shape index (κ1) is 18.3. The normalized spacial score (nSPS) is 20.9. The Bertz CT molecular complexity index is 579. The monoisotopic (exact) mass is 333 g/mol. The number of aliphatic carboxylic acids is 1. The highest BCUT2D eigenvalue weighted by Crippen LogP contribution is 2.35. The summed E-state index contributed by atoms with van der Waals surface area (Å²) in [6.45, 7) is 5.81. The maximum absolute atomic E-state index is 12.5. The molecule has 1 amide bonds. The number of ether oxygens (including phenoxy) is 1. The molecule has 1 N–H and O–H groups in total. The van der Waals surface area contributed by atoms with Gasteiger partial charge in [-0.1, -0.05) is 30.3 Å². The zero-order valence-corrected chi connectivity index (χ0v) is 14.7. The van der Waals surface area contributed by atoms with Gasteiger partial charge in [-0.25, -0.2) is 9.59 Å². The van der Waals surface area contributed by atoms with Gasteiger partial charge in [0.15, 0.2) is 0 Å². The van der Waals surface area contributed by atoms with Gasteiger partial charge in [0.25, 0.3) is 0 Å². The lowest BCUT2D eigenvalue weighted by Crippen LogP contribution is -2.54. The molecule has 1 saturated heterocycles. The van der Waals surface area contributed by atoms with Gasteiger partial charge in [-0.3, -0.25) is 4.90 Å². The smallest absolute Gasteiger partial charge is 0.411 e. The third-order valence-corrected chi connectivity index (χ3v) is 4.40. The van der Waals surface area contributed by atoms with Crippen molar-refractivity contribution in [2.75, 3.05) is 6.54 Å². The fourth-order valence-electron chi connectivity index (χ4n) is 3.28. The number of benzene rings is 1. The van der Waals surface area contributed by atoms with Gasteiger partial charge in [0.2, 0.25) is 0 Å². The first-order valence-corrected chi connectivity index (χ1v) is 8.52. The Hall–Kier alpha value is -2.04. The van der Waals surface area contributed by atoms with E-state index in [-0.39, 0.29) is 0 Å². The van der Waals surface area contributed by atoms with Crippen LogP contribution in [0.1, 0.15) is 52.0 Å². The van der Waals surface area contributed by atoms with Crippen molar-refractivity contribution >= 4 is 12.1 Å². The molecule has 0 spiro atoms. The Morgan fingerprint density at radius 3 is 2.50 bits per heavy atom. The van der Waals surface area contributed by atoms with Gasteiger partial charge in [-0.15, -0.1) is 0 Å². The van der Waals surface area contributed by atoms with E-state index in [1.165, 1.54) is 10.5 Å². The van der Waals surface area contributed by atoms with Crippen LogP contribution in [0.15, 0.2) is 30.3 Å². The van der Waals surface area contributed by atoms with Crippen molar-refractivity contribution in [1.82, 2.24) is 4.90 Å². The summed E-state index contributed by atoms with van der Waals surface area (Å²) < 4.78 is 5.42. The number of carboxylic acids is 1. The van der Waals surface area contributed by atoms with Gasteiger partial charge in [-0.05, 0) is 58.4 Å². The number of hydrogen-bond acceptors (Lipinski definition) is 3. The Kier molecular flexibility index (Phi) is 5.52. The second-order valence-electron chi connectivity index (χ2n) is 7.41. The second kappa shape index (κ2) is 7.24. The number of carbonyl (C=O) groups excluding carboxylic acids is 1. The summed E-state index contributed by atoms with van der Waals surface area (Å²) in [5.74, 6) is -0.932. The van der Waals surface area contributed by atoms with Crippen molar-refractivity contribution in [2.45, 2.75) is 64.0 Å². The van der Waals surface area contributed by atoms with Crippen LogP contribution in [-0.2, 0) is 16.0 Å². The highest BCUT2D eigenvalue weighted by molar-refractivity contribution is 5.85. The van der Waals surface area contributed by atoms with Crippen LogP contribution < -0.4 is 0 Å². The lowest BCUT2D eigenvalue weighted by Gasteiger charge is -2.36. The number of hydrogen-bond donors (Lipinski definition) is 1. The molecule has 1 aromatic carbocycles. The summed E-state index contributed by atoms with van der Waals surface area (Å²) >= 11 is 0. The molecule has 1 atom stereocenters. The van der Waals surface area contributed by atoms with Gasteiger partial charge < -0.3 is 9.84 Å². The Balaban J connectivity index is 2.07. The van der Waals surface area contributed by atoms with Crippen LogP contribution in [-0.4, -0.2) is 39.8 Å². The maximum atomic E-state index is 12.5. The molecule has 1 aliphatic rings. The van der Waals surface area contributed by atoms with E-state index in [0.717, 1.165) is 12.8 Å². The minimum Gasteiger partial charge on any atom is -0.479 e. The highest BCUT2D eigenvalue weighted by atomic mass is 16.6. The van der Waals surface area contributed by atoms with Gasteiger partial charge in [0.05, 0.1) is 0 Å². The number of aryl methyl sites for hydroxylation is 1. The van der Waals surface area contributed by atoms with Crippen LogP contribution in [0.2, 0.25) is 0 Å². The van der Waals surface area contributed by atoms with Crippen molar-refractivity contribution in [1.29, 1.82) is 0 Å². The van der Waals surface area contributed by atoms with E-state index in [0.29, 0.717) is 25.8 Å². The lowest BCUT2D eigenvalue weighted by atomic mass is 9.89. The van der Waals surface area contributed by atoms with E-state index in [4.69, 9.17) is 4.74 Å². The molecule has 0 saturated carbocycles. The van der Waals surface area contributed by atoms with Crippen molar-refractivity contribution in [3.05, 3.63) is 35.9 Å². The molecule has 1 fully saturated rings. The number of carboxylic acid groups (broad SMARTS) is 1. The standard InChI is InChI=1S/C19H27NO4/c1-18(2,3)24-17(23)20-14-8-13-19(20,16(21)22)12-7-11-15-9-5-4-6-10-15/h4-6,9-10H,7-8,11-14H2,1-3H3,(H,21,22)/t19-/m1/s1. The Labute approximate surface area is 143 Å². The average molecular weight is 333 g/mol. The molecule has 1 aromatic rings. The van der Waals surface area contributed by atoms with Gasteiger partial charge in [-0.2, -0.15) is 0 Å². The lowest BCUT2D eigenvalue weighted by molar-refractivity contribution is -0.150. The topological polar surface area (TPSA) is 66.8 Å². The van der Waals surface area contributed by atoms with Crippen LogP contribution in [0.25, 0.3) is 0 Å². The summed E-state index contributed by atoms with van der Waals surface area (Å²) in [7, 11) is 0. The molecule has 5 nitrogen and oxygen atoms in total. The van der Waals surface area contributed by atoms with E-state index in [2.05, 4.69) is 0 Å². The first-order chi connectivity index (χ1) is 11.2. The highest BCUT2D eigenvalue weighted by Gasteiger charge is 2.50. The molecular weight excluding hydrogens is 306 g/mol. The third-order valence-electron chi connectivity index (χ3n) is 4.40. The van der Waals surface area contributed by atoms with Crippen LogP contribution in [0.5, 0.6) is 0 Å². The molecule has 132 valence electrons. The van der Waals surface area contributed by atoms with Gasteiger partial charge >= 0.3 is 12.1 Å². The first-order valence-electron chi connectivity index (χ1n) is 8.52. The summed E-state index contributed by atoms with van der Waals surface area (Å²) in [5.41, 5.74) is -0.592. The fourth-order valence-corrected chi connectivity index (χ4v) is 3.28. The minimum atomic E-state index is -1.14. The molecule has 0 aromatic heterocycles. The maximum Gasteiger partial charge on any atom is 0.411 e. The van der Waals surface area contributed by atoms with Crippen molar-refractivity contribution in [3.63, 3.8) is 0 Å². The van der Waals surface area contributed by atoms with E-state index < -0.39 is 23.2 Å². The zero-order chi connectivity index (χ0) is 17.8. The molecule has 24 heavy (non-hydrogen) atoms. The molecule has 0 radical (unpaired) electrons. The van der Waals surface area contributed by atoms with Crippen LogP contribution in [0, 0.1) is 0 Å². The van der Waals surface area contributed by atoms with Crippen LogP contribution in [0.4, 0.5) is 4.79 Å². The molecule has 1 heterocycles. The van der Waals surface area contributed by atoms with Gasteiger partial charge in [0, 0.05) is 6.54 Å².